The van der Waals surface area contributed by atoms with Crippen LogP contribution >= 0.6 is 0 Å². The zero-order valence-electron chi connectivity index (χ0n) is 14.4. The van der Waals surface area contributed by atoms with E-state index in [1.807, 2.05) is 6.92 Å². The molecule has 0 aliphatic rings. The Bertz CT molecular complexity index is 544. The number of benzene rings is 1. The summed E-state index contributed by atoms with van der Waals surface area (Å²) in [5, 5.41) is 0. The molecule has 1 amide bonds. The Morgan fingerprint density at radius 2 is 1.78 bits per heavy atom. The lowest BCUT2D eigenvalue weighted by Gasteiger charge is -2.25. The van der Waals surface area contributed by atoms with E-state index in [1.54, 1.807) is 37.1 Å². The van der Waals surface area contributed by atoms with Crippen LogP contribution in [0.1, 0.15) is 30.6 Å². The SMILES string of the molecule is CCCN(CC(C)C(=O)OC)C(=O)c1ccc(OC)c(OC)c1. The first kappa shape index (κ1) is 18.8. The Kier molecular flexibility index (Phi) is 7.38. The lowest BCUT2D eigenvalue weighted by molar-refractivity contribution is -0.145. The largest absolute Gasteiger partial charge is 0.493 e. The third kappa shape index (κ3) is 4.87. The van der Waals surface area contributed by atoms with Gasteiger partial charge in [-0.05, 0) is 24.6 Å². The molecular formula is C17H25NO5. The van der Waals surface area contributed by atoms with E-state index in [4.69, 9.17) is 14.2 Å². The molecule has 1 aromatic carbocycles. The van der Waals surface area contributed by atoms with Crippen LogP contribution in [0.3, 0.4) is 0 Å². The molecule has 0 aliphatic heterocycles. The molecule has 1 rings (SSSR count). The zero-order valence-corrected chi connectivity index (χ0v) is 14.4. The highest BCUT2D eigenvalue weighted by molar-refractivity contribution is 5.95. The predicted octanol–water partition coefficient (Wildman–Crippen LogP) is 2.37. The fourth-order valence-electron chi connectivity index (χ4n) is 2.30. The number of carbonyl (C=O) groups is 2. The summed E-state index contributed by atoms with van der Waals surface area (Å²) in [6, 6.07) is 5.03. The second-order valence-corrected chi connectivity index (χ2v) is 5.25. The maximum atomic E-state index is 12.7. The van der Waals surface area contributed by atoms with Crippen LogP contribution in [-0.4, -0.2) is 51.2 Å². The van der Waals surface area contributed by atoms with Crippen LogP contribution < -0.4 is 9.47 Å². The second-order valence-electron chi connectivity index (χ2n) is 5.25. The van der Waals surface area contributed by atoms with Crippen molar-refractivity contribution in [1.29, 1.82) is 0 Å². The molecule has 0 saturated heterocycles. The normalized spacial score (nSPS) is 11.5. The standard InChI is InChI=1S/C17H25NO5/c1-6-9-18(11-12(2)17(20)23-5)16(19)13-7-8-14(21-3)15(10-13)22-4/h7-8,10,12H,6,9,11H2,1-5H3. The number of nitrogens with zero attached hydrogens (tertiary/aromatic N) is 1. The Balaban J connectivity index is 2.99. The van der Waals surface area contributed by atoms with E-state index in [0.29, 0.717) is 30.2 Å². The van der Waals surface area contributed by atoms with Crippen LogP contribution in [-0.2, 0) is 9.53 Å². The molecule has 1 atom stereocenters. The highest BCUT2D eigenvalue weighted by Crippen LogP contribution is 2.28. The molecule has 0 N–H and O–H groups in total. The number of ether oxygens (including phenoxy) is 3. The summed E-state index contributed by atoms with van der Waals surface area (Å²) in [5.74, 6) is 0.204. The molecule has 0 heterocycles. The monoisotopic (exact) mass is 323 g/mol. The van der Waals surface area contributed by atoms with Crippen molar-refractivity contribution >= 4 is 11.9 Å². The second kappa shape index (κ2) is 9.02. The Labute approximate surface area is 137 Å². The van der Waals surface area contributed by atoms with Gasteiger partial charge in [0.05, 0.1) is 27.2 Å². The smallest absolute Gasteiger partial charge is 0.310 e. The molecule has 6 heteroatoms. The average molecular weight is 323 g/mol. The highest BCUT2D eigenvalue weighted by Gasteiger charge is 2.22. The van der Waals surface area contributed by atoms with E-state index in [2.05, 4.69) is 0 Å². The fourth-order valence-corrected chi connectivity index (χ4v) is 2.30. The van der Waals surface area contributed by atoms with Gasteiger partial charge in [0.25, 0.3) is 5.91 Å². The van der Waals surface area contributed by atoms with Crippen LogP contribution in [0.4, 0.5) is 0 Å². The number of carbonyl (C=O) groups excluding carboxylic acids is 2. The van der Waals surface area contributed by atoms with E-state index < -0.39 is 0 Å². The van der Waals surface area contributed by atoms with Crippen molar-refractivity contribution in [2.45, 2.75) is 20.3 Å². The molecule has 1 unspecified atom stereocenters. The number of esters is 1. The van der Waals surface area contributed by atoms with Crippen LogP contribution in [0, 0.1) is 5.92 Å². The third-order valence-electron chi connectivity index (χ3n) is 3.51. The molecular weight excluding hydrogens is 298 g/mol. The van der Waals surface area contributed by atoms with Gasteiger partial charge in [0.15, 0.2) is 11.5 Å². The topological polar surface area (TPSA) is 65.1 Å². The molecule has 0 radical (unpaired) electrons. The fraction of sp³-hybridized carbons (Fsp3) is 0.529. The summed E-state index contributed by atoms with van der Waals surface area (Å²) < 4.78 is 15.1. The first-order valence-electron chi connectivity index (χ1n) is 7.57. The minimum atomic E-state index is -0.379. The van der Waals surface area contributed by atoms with E-state index >= 15 is 0 Å². The minimum Gasteiger partial charge on any atom is -0.493 e. The molecule has 1 aromatic rings. The molecule has 23 heavy (non-hydrogen) atoms. The van der Waals surface area contributed by atoms with Gasteiger partial charge in [0.2, 0.25) is 0 Å². The average Bonchev–Trinajstić information content (AvgIpc) is 2.59. The van der Waals surface area contributed by atoms with Gasteiger partial charge < -0.3 is 19.1 Å². The first-order chi connectivity index (χ1) is 11.0. The van der Waals surface area contributed by atoms with Gasteiger partial charge in [-0.3, -0.25) is 9.59 Å². The van der Waals surface area contributed by atoms with E-state index in [1.165, 1.54) is 14.2 Å². The van der Waals surface area contributed by atoms with E-state index in [-0.39, 0.29) is 17.8 Å². The van der Waals surface area contributed by atoms with Crippen LogP contribution in [0.15, 0.2) is 18.2 Å². The van der Waals surface area contributed by atoms with Crippen LogP contribution in [0.5, 0.6) is 11.5 Å². The maximum absolute atomic E-state index is 12.7. The molecule has 6 nitrogen and oxygen atoms in total. The van der Waals surface area contributed by atoms with Gasteiger partial charge in [0.1, 0.15) is 0 Å². The van der Waals surface area contributed by atoms with Gasteiger partial charge in [0, 0.05) is 18.7 Å². The highest BCUT2D eigenvalue weighted by atomic mass is 16.5. The number of hydrogen-bond donors (Lipinski definition) is 0. The lowest BCUT2D eigenvalue weighted by atomic mass is 10.1. The zero-order chi connectivity index (χ0) is 17.4. The number of amides is 1. The molecule has 0 aromatic heterocycles. The Morgan fingerprint density at radius 1 is 1.13 bits per heavy atom. The Hall–Kier alpha value is -2.24. The number of methoxy groups -OCH3 is 3. The summed E-state index contributed by atoms with van der Waals surface area (Å²) in [6.07, 6.45) is 0.799. The van der Waals surface area contributed by atoms with Crippen molar-refractivity contribution < 1.29 is 23.8 Å². The van der Waals surface area contributed by atoms with Crippen molar-refractivity contribution in [3.63, 3.8) is 0 Å². The van der Waals surface area contributed by atoms with Crippen LogP contribution in [0.2, 0.25) is 0 Å². The summed E-state index contributed by atoms with van der Waals surface area (Å²) in [4.78, 5) is 26.0. The first-order valence-corrected chi connectivity index (χ1v) is 7.57. The van der Waals surface area contributed by atoms with Gasteiger partial charge >= 0.3 is 5.97 Å². The van der Waals surface area contributed by atoms with E-state index in [9.17, 15) is 9.59 Å². The van der Waals surface area contributed by atoms with Crippen molar-refractivity contribution in [2.75, 3.05) is 34.4 Å². The number of rotatable bonds is 8. The molecule has 0 saturated carbocycles. The van der Waals surface area contributed by atoms with Crippen molar-refractivity contribution in [2.24, 2.45) is 5.92 Å². The van der Waals surface area contributed by atoms with Gasteiger partial charge in [-0.2, -0.15) is 0 Å². The quantitative estimate of drug-likeness (QED) is 0.687. The van der Waals surface area contributed by atoms with Crippen molar-refractivity contribution in [1.82, 2.24) is 4.90 Å². The van der Waals surface area contributed by atoms with Crippen LogP contribution in [0.25, 0.3) is 0 Å². The summed E-state index contributed by atoms with van der Waals surface area (Å²) in [6.45, 7) is 4.61. The predicted molar refractivity (Wildman–Crippen MR) is 86.9 cm³/mol. The van der Waals surface area contributed by atoms with Gasteiger partial charge in [-0.25, -0.2) is 0 Å². The van der Waals surface area contributed by atoms with Crippen molar-refractivity contribution in [3.8, 4) is 11.5 Å². The van der Waals surface area contributed by atoms with Gasteiger partial charge in [-0.15, -0.1) is 0 Å². The molecule has 0 spiro atoms. The third-order valence-corrected chi connectivity index (χ3v) is 3.51. The molecule has 128 valence electrons. The molecule has 0 bridgehead atoms. The lowest BCUT2D eigenvalue weighted by Crippen LogP contribution is -2.37. The van der Waals surface area contributed by atoms with Crippen molar-refractivity contribution in [3.05, 3.63) is 23.8 Å². The minimum absolute atomic E-state index is 0.149. The number of hydrogen-bond acceptors (Lipinski definition) is 5. The summed E-state index contributed by atoms with van der Waals surface area (Å²) in [7, 11) is 4.41. The molecule has 0 fully saturated rings. The van der Waals surface area contributed by atoms with E-state index in [0.717, 1.165) is 6.42 Å². The summed E-state index contributed by atoms with van der Waals surface area (Å²) in [5.41, 5.74) is 0.494. The maximum Gasteiger partial charge on any atom is 0.310 e. The van der Waals surface area contributed by atoms with Gasteiger partial charge in [-0.1, -0.05) is 13.8 Å². The molecule has 0 aliphatic carbocycles. The summed E-state index contributed by atoms with van der Waals surface area (Å²) >= 11 is 0. The Morgan fingerprint density at radius 3 is 2.30 bits per heavy atom.